The lowest BCUT2D eigenvalue weighted by Crippen LogP contribution is -2.35. The molecule has 1 heterocycles. The number of nitrogens with zero attached hydrogens (tertiary/aromatic N) is 2. The summed E-state index contributed by atoms with van der Waals surface area (Å²) in [5, 5.41) is 7.03. The largest absolute Gasteiger partial charge is 0.479 e. The second-order valence-corrected chi connectivity index (χ2v) is 8.27. The summed E-state index contributed by atoms with van der Waals surface area (Å²) in [6, 6.07) is 7.60. The van der Waals surface area contributed by atoms with E-state index in [4.69, 9.17) is 9.47 Å². The third-order valence-corrected chi connectivity index (χ3v) is 4.78. The normalized spacial score (nSPS) is 13.5. The van der Waals surface area contributed by atoms with E-state index in [0.29, 0.717) is 17.1 Å². The predicted molar refractivity (Wildman–Crippen MR) is 112 cm³/mol. The molecule has 0 unspecified atom stereocenters. The third kappa shape index (κ3) is 5.59. The van der Waals surface area contributed by atoms with Gasteiger partial charge in [-0.05, 0) is 50.8 Å². The van der Waals surface area contributed by atoms with Crippen LogP contribution >= 0.6 is 0 Å². The highest BCUT2D eigenvalue weighted by Gasteiger charge is 2.25. The van der Waals surface area contributed by atoms with Crippen molar-refractivity contribution in [3.63, 3.8) is 0 Å². The average molecular weight is 402 g/mol. The maximum absolute atomic E-state index is 12.4. The number of hydrogen-bond donors (Lipinski definition) is 1. The Bertz CT molecular complexity index is 879. The van der Waals surface area contributed by atoms with Crippen LogP contribution in [0.1, 0.15) is 51.6 Å². The van der Waals surface area contributed by atoms with Crippen molar-refractivity contribution in [3.8, 4) is 5.75 Å². The van der Waals surface area contributed by atoms with Gasteiger partial charge in [0.1, 0.15) is 5.75 Å². The molecule has 2 rings (SSSR count). The molecular weight excluding hydrogens is 370 g/mol. The number of nitrogens with one attached hydrogen (secondary N) is 1. The summed E-state index contributed by atoms with van der Waals surface area (Å²) >= 11 is 0. The highest BCUT2D eigenvalue weighted by Crippen LogP contribution is 2.25. The van der Waals surface area contributed by atoms with Gasteiger partial charge in [-0.15, -0.1) is 0 Å². The first-order valence-electron chi connectivity index (χ1n) is 9.69. The topological polar surface area (TPSA) is 82.5 Å². The van der Waals surface area contributed by atoms with E-state index in [2.05, 4.69) is 31.2 Å². The van der Waals surface area contributed by atoms with Gasteiger partial charge in [0.25, 0.3) is 5.91 Å². The average Bonchev–Trinajstić information content (AvgIpc) is 2.87. The molecule has 0 saturated heterocycles. The molecule has 158 valence electrons. The number of ether oxygens (including phenoxy) is 2. The molecule has 0 radical (unpaired) electrons. The summed E-state index contributed by atoms with van der Waals surface area (Å²) in [4.78, 5) is 24.7. The predicted octanol–water partition coefficient (Wildman–Crippen LogP) is 3.67. The van der Waals surface area contributed by atoms with Gasteiger partial charge in [0, 0.05) is 7.05 Å². The molecule has 29 heavy (non-hydrogen) atoms. The highest BCUT2D eigenvalue weighted by molar-refractivity contribution is 5.96. The molecule has 0 bridgehead atoms. The molecule has 0 spiro atoms. The van der Waals surface area contributed by atoms with Crippen LogP contribution in [0, 0.1) is 13.8 Å². The molecule has 1 amide bonds. The monoisotopic (exact) mass is 401 g/mol. The molecule has 1 aromatic carbocycles. The number of benzene rings is 1. The zero-order valence-electron chi connectivity index (χ0n) is 18.5. The SMILES string of the molecule is Cc1nn(C)c(C)c1NC(=O)[C@@H](C)OC(=O)[C@H](C)Oc1ccc(C(C)(C)C)cc1. The Morgan fingerprint density at radius 3 is 2.14 bits per heavy atom. The fourth-order valence-corrected chi connectivity index (χ4v) is 2.79. The van der Waals surface area contributed by atoms with E-state index < -0.39 is 24.1 Å². The highest BCUT2D eigenvalue weighted by atomic mass is 16.6. The fraction of sp³-hybridized carbons (Fsp3) is 0.500. The Balaban J connectivity index is 1.93. The number of aryl methyl sites for hydroxylation is 2. The van der Waals surface area contributed by atoms with E-state index in [0.717, 1.165) is 5.69 Å². The summed E-state index contributed by atoms with van der Waals surface area (Å²) < 4.78 is 12.6. The lowest BCUT2D eigenvalue weighted by Gasteiger charge is -2.20. The van der Waals surface area contributed by atoms with Gasteiger partial charge in [0.15, 0.2) is 12.2 Å². The van der Waals surface area contributed by atoms with Crippen molar-refractivity contribution in [2.75, 3.05) is 5.32 Å². The van der Waals surface area contributed by atoms with Crippen LogP contribution in [0.3, 0.4) is 0 Å². The van der Waals surface area contributed by atoms with Crippen LogP contribution in [0.4, 0.5) is 5.69 Å². The quantitative estimate of drug-likeness (QED) is 0.747. The van der Waals surface area contributed by atoms with Crippen molar-refractivity contribution in [2.45, 2.75) is 66.1 Å². The van der Waals surface area contributed by atoms with Crippen LogP contribution in [-0.4, -0.2) is 33.9 Å². The molecule has 1 N–H and O–H groups in total. The van der Waals surface area contributed by atoms with Crippen LogP contribution in [0.15, 0.2) is 24.3 Å². The Morgan fingerprint density at radius 1 is 1.07 bits per heavy atom. The standard InChI is InChI=1S/C22H31N3O4/c1-13-19(14(2)25(8)24-13)23-20(26)15(3)29-21(27)16(4)28-18-11-9-17(10-12-18)22(5,6)7/h9-12,15-16H,1-8H3,(H,23,26)/t15-,16+/m1/s1. The van der Waals surface area contributed by atoms with Crippen molar-refractivity contribution in [3.05, 3.63) is 41.2 Å². The molecule has 1 aromatic heterocycles. The zero-order chi connectivity index (χ0) is 21.9. The minimum Gasteiger partial charge on any atom is -0.479 e. The Labute approximate surface area is 172 Å². The number of carbonyl (C=O) groups excluding carboxylic acids is 2. The van der Waals surface area contributed by atoms with Crippen molar-refractivity contribution in [1.29, 1.82) is 0 Å². The van der Waals surface area contributed by atoms with Gasteiger partial charge < -0.3 is 14.8 Å². The second kappa shape index (κ2) is 8.68. The van der Waals surface area contributed by atoms with Crippen LogP contribution in [0.2, 0.25) is 0 Å². The van der Waals surface area contributed by atoms with Gasteiger partial charge in [-0.25, -0.2) is 4.79 Å². The Kier molecular flexibility index (Phi) is 6.72. The Hall–Kier alpha value is -2.83. The summed E-state index contributed by atoms with van der Waals surface area (Å²) in [5.74, 6) is -0.451. The van der Waals surface area contributed by atoms with E-state index in [-0.39, 0.29) is 5.41 Å². The van der Waals surface area contributed by atoms with Gasteiger partial charge in [0.05, 0.1) is 17.1 Å². The molecule has 0 saturated carbocycles. The molecular formula is C22H31N3O4. The molecule has 0 aliphatic heterocycles. The van der Waals surface area contributed by atoms with Crippen molar-refractivity contribution in [2.24, 2.45) is 7.05 Å². The van der Waals surface area contributed by atoms with Gasteiger partial charge in [-0.3, -0.25) is 9.48 Å². The molecule has 2 aromatic rings. The van der Waals surface area contributed by atoms with Crippen LogP contribution < -0.4 is 10.1 Å². The van der Waals surface area contributed by atoms with E-state index in [1.807, 2.05) is 31.2 Å². The molecule has 7 nitrogen and oxygen atoms in total. The summed E-state index contributed by atoms with van der Waals surface area (Å²) in [6.45, 7) is 13.2. The van der Waals surface area contributed by atoms with Gasteiger partial charge in [-0.2, -0.15) is 5.10 Å². The van der Waals surface area contributed by atoms with E-state index in [1.165, 1.54) is 12.5 Å². The number of carbonyl (C=O) groups is 2. The minimum absolute atomic E-state index is 0.0385. The number of amides is 1. The smallest absolute Gasteiger partial charge is 0.347 e. The lowest BCUT2D eigenvalue weighted by atomic mass is 9.87. The summed E-state index contributed by atoms with van der Waals surface area (Å²) in [5.41, 5.74) is 3.36. The third-order valence-electron chi connectivity index (χ3n) is 4.78. The van der Waals surface area contributed by atoms with E-state index >= 15 is 0 Å². The van der Waals surface area contributed by atoms with Crippen molar-refractivity contribution < 1.29 is 19.1 Å². The zero-order valence-corrected chi connectivity index (χ0v) is 18.5. The second-order valence-electron chi connectivity index (χ2n) is 8.27. The first kappa shape index (κ1) is 22.5. The summed E-state index contributed by atoms with van der Waals surface area (Å²) in [7, 11) is 1.80. The molecule has 7 heteroatoms. The molecule has 0 aliphatic carbocycles. The van der Waals surface area contributed by atoms with E-state index in [9.17, 15) is 9.59 Å². The van der Waals surface area contributed by atoms with Gasteiger partial charge in [0.2, 0.25) is 0 Å². The number of hydrogen-bond acceptors (Lipinski definition) is 5. The maximum Gasteiger partial charge on any atom is 0.347 e. The number of esters is 1. The van der Waals surface area contributed by atoms with Gasteiger partial charge in [-0.1, -0.05) is 32.9 Å². The van der Waals surface area contributed by atoms with Crippen LogP contribution in [-0.2, 0) is 26.8 Å². The molecule has 0 aliphatic rings. The van der Waals surface area contributed by atoms with Crippen LogP contribution in [0.25, 0.3) is 0 Å². The maximum atomic E-state index is 12.4. The van der Waals surface area contributed by atoms with Crippen LogP contribution in [0.5, 0.6) is 5.75 Å². The van der Waals surface area contributed by atoms with Gasteiger partial charge >= 0.3 is 5.97 Å². The molecule has 2 atom stereocenters. The van der Waals surface area contributed by atoms with E-state index in [1.54, 1.807) is 25.6 Å². The minimum atomic E-state index is -0.962. The lowest BCUT2D eigenvalue weighted by molar-refractivity contribution is -0.159. The number of rotatable bonds is 6. The Morgan fingerprint density at radius 2 is 1.66 bits per heavy atom. The van der Waals surface area contributed by atoms with Crippen molar-refractivity contribution >= 4 is 17.6 Å². The number of anilines is 1. The fourth-order valence-electron chi connectivity index (χ4n) is 2.79. The van der Waals surface area contributed by atoms with Crippen molar-refractivity contribution in [1.82, 2.24) is 9.78 Å². The number of aromatic nitrogens is 2. The molecule has 0 fully saturated rings. The first-order chi connectivity index (χ1) is 13.4. The summed E-state index contributed by atoms with van der Waals surface area (Å²) in [6.07, 6.45) is -1.80. The first-order valence-corrected chi connectivity index (χ1v) is 9.69.